The van der Waals surface area contributed by atoms with Gasteiger partial charge in [0.05, 0.1) is 18.2 Å². The number of hydrogen-bond acceptors (Lipinski definition) is 11. The third-order valence-electron chi connectivity index (χ3n) is 7.31. The first-order chi connectivity index (χ1) is 15.5. The molecule has 178 valence electrons. The molecule has 12 nitrogen and oxygen atoms in total. The molecule has 12 heteroatoms. The van der Waals surface area contributed by atoms with Crippen LogP contribution in [0.5, 0.6) is 5.75 Å². The minimum atomic E-state index is -2.50. The van der Waals surface area contributed by atoms with Crippen molar-refractivity contribution in [2.24, 2.45) is 27.2 Å². The van der Waals surface area contributed by atoms with Crippen molar-refractivity contribution in [2.45, 2.75) is 55.3 Å². The van der Waals surface area contributed by atoms with Gasteiger partial charge in [0.15, 0.2) is 17.6 Å². The van der Waals surface area contributed by atoms with Crippen molar-refractivity contribution in [1.29, 1.82) is 0 Å². The van der Waals surface area contributed by atoms with Crippen molar-refractivity contribution >= 4 is 17.8 Å². The van der Waals surface area contributed by atoms with Gasteiger partial charge in [-0.05, 0) is 17.9 Å². The van der Waals surface area contributed by atoms with E-state index in [-0.39, 0.29) is 30.4 Å². The van der Waals surface area contributed by atoms with Crippen LogP contribution in [-0.2, 0) is 5.41 Å². The van der Waals surface area contributed by atoms with E-state index in [0.717, 1.165) is 12.0 Å². The second-order valence-corrected chi connectivity index (χ2v) is 9.67. The fraction of sp³-hybridized carbons (Fsp3) is 0.571. The number of fused-ring (bicyclic) bond motifs is 1. The maximum Gasteiger partial charge on any atom is 0.255 e. The molecule has 5 rings (SSSR count). The highest BCUT2D eigenvalue weighted by molar-refractivity contribution is 5.98. The highest BCUT2D eigenvalue weighted by atomic mass is 16.5. The normalized spacial score (nSPS) is 33.0. The van der Waals surface area contributed by atoms with Crippen LogP contribution in [0.4, 0.5) is 0 Å². The summed E-state index contributed by atoms with van der Waals surface area (Å²) in [5.74, 6) is -2.41. The second-order valence-electron chi connectivity index (χ2n) is 9.67. The van der Waals surface area contributed by atoms with Crippen molar-refractivity contribution in [3.05, 3.63) is 29.3 Å². The Kier molecular flexibility index (Phi) is 4.58. The minimum Gasteiger partial charge on any atom is -0.492 e. The Morgan fingerprint density at radius 1 is 1.33 bits per heavy atom. The van der Waals surface area contributed by atoms with Gasteiger partial charge >= 0.3 is 0 Å². The maximum atomic E-state index is 13.3. The van der Waals surface area contributed by atoms with E-state index in [2.05, 4.69) is 34.5 Å². The van der Waals surface area contributed by atoms with Crippen LogP contribution in [0.2, 0.25) is 0 Å². The van der Waals surface area contributed by atoms with E-state index in [1.54, 1.807) is 12.1 Å². The lowest BCUT2D eigenvalue weighted by Gasteiger charge is -2.48. The van der Waals surface area contributed by atoms with Gasteiger partial charge in [-0.25, -0.2) is 9.98 Å². The van der Waals surface area contributed by atoms with E-state index in [4.69, 9.17) is 21.9 Å². The summed E-state index contributed by atoms with van der Waals surface area (Å²) in [7, 11) is 0. The number of nitrogens with one attached hydrogen (secondary N) is 2. The smallest absolute Gasteiger partial charge is 0.255 e. The molecule has 4 heterocycles. The fourth-order valence-corrected chi connectivity index (χ4v) is 5.46. The van der Waals surface area contributed by atoms with E-state index >= 15 is 0 Å². The average molecular weight is 459 g/mol. The summed E-state index contributed by atoms with van der Waals surface area (Å²) < 4.78 is 5.85. The third kappa shape index (κ3) is 2.84. The summed E-state index contributed by atoms with van der Waals surface area (Å²) >= 11 is 0. The molecule has 1 aromatic carbocycles. The summed E-state index contributed by atoms with van der Waals surface area (Å²) in [6.07, 6.45) is 0.830. The predicted molar refractivity (Wildman–Crippen MR) is 120 cm³/mol. The monoisotopic (exact) mass is 458 g/mol. The van der Waals surface area contributed by atoms with Crippen LogP contribution < -0.4 is 32.6 Å². The molecular weight excluding hydrogens is 428 g/mol. The van der Waals surface area contributed by atoms with Crippen molar-refractivity contribution in [3.8, 4) is 5.75 Å². The number of ether oxygens (including phenoxy) is 1. The molecule has 10 N–H and O–H groups in total. The maximum absolute atomic E-state index is 13.3. The molecule has 0 saturated carbocycles. The van der Waals surface area contributed by atoms with Crippen molar-refractivity contribution in [2.75, 3.05) is 19.7 Å². The van der Waals surface area contributed by atoms with E-state index in [1.165, 1.54) is 4.90 Å². The summed E-state index contributed by atoms with van der Waals surface area (Å²) in [4.78, 5) is 23.5. The summed E-state index contributed by atoms with van der Waals surface area (Å²) in [5, 5.41) is 28.4. The molecule has 0 unspecified atom stereocenters. The number of amides is 1. The topological polar surface area (TPSA) is 197 Å². The number of hydrogen-bond donors (Lipinski definition) is 7. The number of carbonyl (C=O) groups excluding carboxylic acids is 1. The van der Waals surface area contributed by atoms with E-state index in [0.29, 0.717) is 17.9 Å². The number of benzene rings is 1. The highest BCUT2D eigenvalue weighted by Gasteiger charge is 2.73. The largest absolute Gasteiger partial charge is 0.492 e. The van der Waals surface area contributed by atoms with Gasteiger partial charge in [-0.2, -0.15) is 0 Å². The lowest BCUT2D eigenvalue weighted by Crippen LogP contribution is -2.78. The molecule has 0 aromatic heterocycles. The average Bonchev–Trinajstić information content (AvgIpc) is 3.22. The van der Waals surface area contributed by atoms with Crippen molar-refractivity contribution in [1.82, 2.24) is 15.5 Å². The van der Waals surface area contributed by atoms with Crippen LogP contribution >= 0.6 is 0 Å². The highest BCUT2D eigenvalue weighted by Crippen LogP contribution is 2.45. The Morgan fingerprint density at radius 3 is 2.82 bits per heavy atom. The quantitative estimate of drug-likeness (QED) is 0.239. The molecule has 1 amide bonds. The van der Waals surface area contributed by atoms with Gasteiger partial charge < -0.3 is 47.7 Å². The number of guanidine groups is 2. The number of nitrogens with two attached hydrogens (primary N) is 3. The van der Waals surface area contributed by atoms with Gasteiger partial charge in [-0.15, -0.1) is 0 Å². The number of rotatable bonds is 3. The molecule has 4 atom stereocenters. The molecule has 4 aliphatic heterocycles. The summed E-state index contributed by atoms with van der Waals surface area (Å²) in [6, 6.07) is 2.84. The van der Waals surface area contributed by atoms with Crippen LogP contribution in [-0.4, -0.2) is 82.2 Å². The van der Waals surface area contributed by atoms with E-state index in [9.17, 15) is 15.0 Å². The Hall–Kier alpha value is -3.09. The summed E-state index contributed by atoms with van der Waals surface area (Å²) in [5.41, 5.74) is 17.4. The number of aliphatic imine (C=N–C) groups is 2. The molecular formula is C21H30N8O4. The van der Waals surface area contributed by atoms with Crippen LogP contribution in [0.3, 0.4) is 0 Å². The SMILES string of the molecule is CC1(C)CCOc2c(C(=O)N[C@H]3CN4C(N)=N[C@@H](CN)[C@@H]5N=C(N)N[C@@]54C3(O)O)cccc21. The van der Waals surface area contributed by atoms with Gasteiger partial charge in [0.2, 0.25) is 5.79 Å². The molecule has 1 aromatic rings. The van der Waals surface area contributed by atoms with Gasteiger partial charge in [-0.3, -0.25) is 4.79 Å². The molecule has 33 heavy (non-hydrogen) atoms. The molecule has 4 aliphatic rings. The molecule has 0 radical (unpaired) electrons. The molecule has 1 saturated heterocycles. The number of nitrogens with zero attached hydrogens (tertiary/aromatic N) is 3. The number of para-hydroxylation sites is 1. The Morgan fingerprint density at radius 2 is 2.09 bits per heavy atom. The molecule has 0 bridgehead atoms. The predicted octanol–water partition coefficient (Wildman–Crippen LogP) is -2.52. The van der Waals surface area contributed by atoms with Crippen LogP contribution in [0.15, 0.2) is 28.2 Å². The number of aliphatic hydroxyl groups is 2. The lowest BCUT2D eigenvalue weighted by atomic mass is 9.79. The van der Waals surface area contributed by atoms with Crippen molar-refractivity contribution < 1.29 is 19.7 Å². The van der Waals surface area contributed by atoms with Crippen LogP contribution in [0.1, 0.15) is 36.2 Å². The summed E-state index contributed by atoms with van der Waals surface area (Å²) in [6.45, 7) is 4.74. The fourth-order valence-electron chi connectivity index (χ4n) is 5.46. The lowest BCUT2D eigenvalue weighted by molar-refractivity contribution is -0.230. The van der Waals surface area contributed by atoms with Gasteiger partial charge in [-0.1, -0.05) is 26.0 Å². The first kappa shape index (κ1) is 21.7. The first-order valence-corrected chi connectivity index (χ1v) is 11.0. The van der Waals surface area contributed by atoms with Crippen LogP contribution in [0.25, 0.3) is 0 Å². The van der Waals surface area contributed by atoms with Gasteiger partial charge in [0.25, 0.3) is 5.91 Å². The standard InChI is InChI=1S/C21H30N8O4/c1-19(2)6-7-33-14-10(4-3-5-11(14)19)16(30)26-13-9-29-18(24)25-12(8-22)15-20(29,21(13,31)32)28-17(23)27-15/h3-5,12-13,15,31-32H,6-9,22H2,1-2H3,(H2,24,25)(H,26,30)(H3,23,27,28)/t12-,13-,15-,20-/m0/s1. The molecule has 0 aliphatic carbocycles. The zero-order chi connectivity index (χ0) is 23.8. The molecule has 1 fully saturated rings. The Balaban J connectivity index is 1.49. The van der Waals surface area contributed by atoms with Crippen LogP contribution in [0, 0.1) is 0 Å². The Bertz CT molecular complexity index is 1070. The second kappa shape index (κ2) is 6.95. The van der Waals surface area contributed by atoms with Gasteiger partial charge in [0, 0.05) is 18.7 Å². The third-order valence-corrected chi connectivity index (χ3v) is 7.31. The first-order valence-electron chi connectivity index (χ1n) is 11.0. The molecule has 1 spiro atoms. The Labute approximate surface area is 190 Å². The van der Waals surface area contributed by atoms with Gasteiger partial charge in [0.1, 0.15) is 17.8 Å². The van der Waals surface area contributed by atoms with E-state index < -0.39 is 35.5 Å². The zero-order valence-electron chi connectivity index (χ0n) is 18.6. The zero-order valence-corrected chi connectivity index (χ0v) is 18.6. The van der Waals surface area contributed by atoms with Crippen molar-refractivity contribution in [3.63, 3.8) is 0 Å². The number of carbonyl (C=O) groups is 1. The van der Waals surface area contributed by atoms with E-state index in [1.807, 2.05) is 6.07 Å². The minimum absolute atomic E-state index is 0.0144.